The minimum absolute atomic E-state index is 0.710. The topological polar surface area (TPSA) is 42.5 Å². The highest BCUT2D eigenvalue weighted by Crippen LogP contribution is 2.29. The molecule has 0 unspecified atom stereocenters. The number of hydrogen-bond donors (Lipinski definition) is 0. The van der Waals surface area contributed by atoms with Crippen molar-refractivity contribution < 1.29 is 0 Å². The summed E-state index contributed by atoms with van der Waals surface area (Å²) in [6.07, 6.45) is 6.31. The van der Waals surface area contributed by atoms with Gasteiger partial charge in [0.15, 0.2) is 0 Å². The Morgan fingerprint density at radius 1 is 0.875 bits per heavy atom. The minimum atomic E-state index is 0.710. The lowest BCUT2D eigenvalue weighted by atomic mass is 10.0. The summed E-state index contributed by atoms with van der Waals surface area (Å²) in [7, 11) is 0. The summed E-state index contributed by atoms with van der Waals surface area (Å²) >= 11 is 1.62. The molecule has 0 saturated heterocycles. The van der Waals surface area contributed by atoms with Crippen molar-refractivity contribution in [3.63, 3.8) is 0 Å². The van der Waals surface area contributed by atoms with Crippen LogP contribution in [0.25, 0.3) is 22.0 Å². The molecule has 5 rings (SSSR count). The van der Waals surface area contributed by atoms with Gasteiger partial charge in [-0.25, -0.2) is 4.68 Å². The largest absolute Gasteiger partial charge is 0.264 e. The maximum Gasteiger partial charge on any atom is 0.206 e. The van der Waals surface area contributed by atoms with E-state index in [9.17, 15) is 0 Å². The Bertz CT molecular complexity index is 1410. The van der Waals surface area contributed by atoms with Gasteiger partial charge in [-0.05, 0) is 28.8 Å². The molecule has 5 heteroatoms. The Kier molecular flexibility index (Phi) is 5.99. The standard InChI is InChI=1S/C27H22N4S/c1-2-8-21(9-3-1)15-17-29-27-31(30-19-22-10-7-16-28-18-22)26(20-32-27)25-14-6-12-23-11-4-5-13-24(23)25/h1-14,16,18-20H,15,17H2. The minimum Gasteiger partial charge on any atom is -0.264 e. The summed E-state index contributed by atoms with van der Waals surface area (Å²) in [5.74, 6) is 0. The van der Waals surface area contributed by atoms with Crippen molar-refractivity contribution in [2.45, 2.75) is 6.42 Å². The van der Waals surface area contributed by atoms with E-state index in [1.54, 1.807) is 23.7 Å². The number of nitrogens with zero attached hydrogens (tertiary/aromatic N) is 4. The Hall–Kier alpha value is -3.83. The zero-order valence-corrected chi connectivity index (χ0v) is 18.3. The van der Waals surface area contributed by atoms with E-state index in [2.05, 4.69) is 77.1 Å². The van der Waals surface area contributed by atoms with Crippen LogP contribution in [0.3, 0.4) is 0 Å². The highest BCUT2D eigenvalue weighted by Gasteiger charge is 2.10. The summed E-state index contributed by atoms with van der Waals surface area (Å²) in [6.45, 7) is 0.710. The lowest BCUT2D eigenvalue weighted by molar-refractivity contribution is 0.817. The van der Waals surface area contributed by atoms with E-state index < -0.39 is 0 Å². The molecule has 0 aliphatic heterocycles. The van der Waals surface area contributed by atoms with E-state index in [1.807, 2.05) is 29.1 Å². The van der Waals surface area contributed by atoms with Gasteiger partial charge < -0.3 is 0 Å². The van der Waals surface area contributed by atoms with Crippen molar-refractivity contribution in [2.24, 2.45) is 10.1 Å². The summed E-state index contributed by atoms with van der Waals surface area (Å²) in [6, 6.07) is 29.2. The molecule has 0 aliphatic carbocycles. The fourth-order valence-electron chi connectivity index (χ4n) is 3.66. The van der Waals surface area contributed by atoms with Crippen molar-refractivity contribution in [2.75, 3.05) is 6.54 Å². The van der Waals surface area contributed by atoms with E-state index in [-0.39, 0.29) is 0 Å². The molecule has 0 saturated carbocycles. The molecular formula is C27H22N4S. The Labute approximate surface area is 190 Å². The van der Waals surface area contributed by atoms with Crippen LogP contribution in [0.2, 0.25) is 0 Å². The van der Waals surface area contributed by atoms with Crippen molar-refractivity contribution >= 4 is 28.3 Å². The molecule has 0 N–H and O–H groups in total. The first-order valence-corrected chi connectivity index (χ1v) is 11.4. The van der Waals surface area contributed by atoms with Gasteiger partial charge in [-0.15, -0.1) is 11.3 Å². The number of thiazole rings is 1. The quantitative estimate of drug-likeness (QED) is 0.312. The highest BCUT2D eigenvalue weighted by molar-refractivity contribution is 7.07. The third kappa shape index (κ3) is 4.43. The zero-order chi connectivity index (χ0) is 21.6. The third-order valence-electron chi connectivity index (χ3n) is 5.25. The number of pyridine rings is 1. The maximum atomic E-state index is 4.89. The lowest BCUT2D eigenvalue weighted by Gasteiger charge is -2.07. The average Bonchev–Trinajstić information content (AvgIpc) is 3.26. The average molecular weight is 435 g/mol. The summed E-state index contributed by atoms with van der Waals surface area (Å²) in [5.41, 5.74) is 4.41. The van der Waals surface area contributed by atoms with Gasteiger partial charge in [0, 0.05) is 35.4 Å². The molecule has 3 aromatic carbocycles. The van der Waals surface area contributed by atoms with Gasteiger partial charge in [-0.2, -0.15) is 5.10 Å². The van der Waals surface area contributed by atoms with Gasteiger partial charge in [0.05, 0.1) is 11.9 Å². The summed E-state index contributed by atoms with van der Waals surface area (Å²) < 4.78 is 1.95. The van der Waals surface area contributed by atoms with Crippen LogP contribution in [0.15, 0.2) is 113 Å². The molecular weight excluding hydrogens is 412 g/mol. The Balaban J connectivity index is 1.57. The van der Waals surface area contributed by atoms with Crippen LogP contribution in [-0.4, -0.2) is 22.4 Å². The first-order chi connectivity index (χ1) is 15.9. The summed E-state index contributed by atoms with van der Waals surface area (Å²) in [4.78, 5) is 9.96. The molecule has 0 fully saturated rings. The van der Waals surface area contributed by atoms with E-state index in [0.717, 1.165) is 28.0 Å². The molecule has 32 heavy (non-hydrogen) atoms. The first-order valence-electron chi connectivity index (χ1n) is 10.6. The zero-order valence-electron chi connectivity index (χ0n) is 17.5. The van der Waals surface area contributed by atoms with E-state index in [0.29, 0.717) is 6.54 Å². The molecule has 0 spiro atoms. The highest BCUT2D eigenvalue weighted by atomic mass is 32.1. The van der Waals surface area contributed by atoms with Crippen molar-refractivity contribution in [1.82, 2.24) is 9.66 Å². The molecule has 0 aliphatic rings. The predicted octanol–water partition coefficient (Wildman–Crippen LogP) is 5.79. The Morgan fingerprint density at radius 3 is 2.59 bits per heavy atom. The lowest BCUT2D eigenvalue weighted by Crippen LogP contribution is -2.13. The van der Waals surface area contributed by atoms with Crippen LogP contribution in [0.4, 0.5) is 0 Å². The molecule has 2 heterocycles. The van der Waals surface area contributed by atoms with Crippen LogP contribution < -0.4 is 4.80 Å². The fraction of sp³-hybridized carbons (Fsp3) is 0.0741. The van der Waals surface area contributed by atoms with Crippen LogP contribution in [0.5, 0.6) is 0 Å². The van der Waals surface area contributed by atoms with E-state index in [4.69, 9.17) is 10.1 Å². The number of fused-ring (bicyclic) bond motifs is 1. The number of hydrogen-bond acceptors (Lipinski definition) is 4. The Morgan fingerprint density at radius 2 is 1.72 bits per heavy atom. The number of aromatic nitrogens is 2. The van der Waals surface area contributed by atoms with E-state index in [1.165, 1.54) is 16.3 Å². The van der Waals surface area contributed by atoms with Crippen LogP contribution in [0, 0.1) is 0 Å². The molecule has 0 bridgehead atoms. The van der Waals surface area contributed by atoms with Gasteiger partial charge in [0.1, 0.15) is 0 Å². The van der Waals surface area contributed by atoms with Crippen molar-refractivity contribution in [3.8, 4) is 11.3 Å². The van der Waals surface area contributed by atoms with Gasteiger partial charge in [-0.1, -0.05) is 78.9 Å². The van der Waals surface area contributed by atoms with Crippen molar-refractivity contribution in [1.29, 1.82) is 0 Å². The fourth-order valence-corrected chi connectivity index (χ4v) is 4.51. The predicted molar refractivity (Wildman–Crippen MR) is 133 cm³/mol. The number of rotatable bonds is 6. The molecule has 4 nitrogen and oxygen atoms in total. The first kappa shape index (κ1) is 20.1. The molecule has 0 radical (unpaired) electrons. The third-order valence-corrected chi connectivity index (χ3v) is 6.10. The van der Waals surface area contributed by atoms with Crippen LogP contribution in [0.1, 0.15) is 11.1 Å². The van der Waals surface area contributed by atoms with E-state index >= 15 is 0 Å². The normalized spacial score (nSPS) is 12.1. The van der Waals surface area contributed by atoms with Gasteiger partial charge in [0.2, 0.25) is 4.80 Å². The SMILES string of the molecule is C(=Nn1c(-c2cccc3ccccc23)csc1=NCCc1ccccc1)c1cccnc1. The summed E-state index contributed by atoms with van der Waals surface area (Å²) in [5, 5.41) is 9.37. The molecule has 0 atom stereocenters. The smallest absolute Gasteiger partial charge is 0.206 e. The van der Waals surface area contributed by atoms with Crippen LogP contribution >= 0.6 is 11.3 Å². The van der Waals surface area contributed by atoms with Crippen molar-refractivity contribution in [3.05, 3.63) is 119 Å². The molecule has 0 amide bonds. The molecule has 5 aromatic rings. The van der Waals surface area contributed by atoms with Gasteiger partial charge in [0.25, 0.3) is 0 Å². The number of benzene rings is 3. The van der Waals surface area contributed by atoms with Gasteiger partial charge >= 0.3 is 0 Å². The maximum absolute atomic E-state index is 4.89. The second kappa shape index (κ2) is 9.54. The molecule has 2 aromatic heterocycles. The second-order valence-corrected chi connectivity index (χ2v) is 8.23. The monoisotopic (exact) mass is 434 g/mol. The molecule has 156 valence electrons. The van der Waals surface area contributed by atoms with Gasteiger partial charge in [-0.3, -0.25) is 9.98 Å². The second-order valence-electron chi connectivity index (χ2n) is 7.39. The van der Waals surface area contributed by atoms with Crippen LogP contribution in [-0.2, 0) is 6.42 Å².